The number of halogens is 1. The number of rotatable bonds is 4. The van der Waals surface area contributed by atoms with E-state index < -0.39 is 11.9 Å². The van der Waals surface area contributed by atoms with Gasteiger partial charge in [-0.3, -0.25) is 4.57 Å². The maximum Gasteiger partial charge on any atom is 0.344 e. The lowest BCUT2D eigenvalue weighted by Crippen LogP contribution is -2.19. The van der Waals surface area contributed by atoms with Crippen LogP contribution in [0.5, 0.6) is 0 Å². The topological polar surface area (TPSA) is 70.9 Å². The predicted octanol–water partition coefficient (Wildman–Crippen LogP) is 2.50. The molecular weight excluding hydrogens is 281 g/mol. The van der Waals surface area contributed by atoms with Gasteiger partial charge in [0.1, 0.15) is 5.82 Å². The molecule has 7 heteroatoms. The number of nitrogens with zero attached hydrogens (tertiary/aromatic N) is 2. The maximum atomic E-state index is 14.0. The van der Waals surface area contributed by atoms with Crippen LogP contribution in [0.1, 0.15) is 38.5 Å². The van der Waals surface area contributed by atoms with Crippen molar-refractivity contribution in [2.45, 2.75) is 43.0 Å². The van der Waals surface area contributed by atoms with Crippen molar-refractivity contribution in [3.63, 3.8) is 0 Å². The lowest BCUT2D eigenvalue weighted by Gasteiger charge is -2.13. The van der Waals surface area contributed by atoms with Gasteiger partial charge in [-0.1, -0.05) is 12.1 Å². The van der Waals surface area contributed by atoms with E-state index in [1.807, 2.05) is 13.8 Å². The Morgan fingerprint density at radius 2 is 2.10 bits per heavy atom. The highest BCUT2D eigenvalue weighted by atomic mass is 32.2. The predicted molar refractivity (Wildman–Crippen MR) is 74.4 cm³/mol. The minimum Gasteiger partial charge on any atom is -0.389 e. The fourth-order valence-electron chi connectivity index (χ4n) is 1.87. The molecule has 0 unspecified atom stereocenters. The van der Waals surface area contributed by atoms with E-state index in [0.717, 1.165) is 11.8 Å². The molecule has 2 aromatic rings. The molecule has 0 aliphatic heterocycles. The van der Waals surface area contributed by atoms with Crippen LogP contribution in [-0.4, -0.2) is 19.9 Å². The molecule has 0 bridgehead atoms. The molecule has 1 aromatic carbocycles. The Balaban J connectivity index is 2.48. The summed E-state index contributed by atoms with van der Waals surface area (Å²) in [6.07, 6.45) is -0.800. The van der Waals surface area contributed by atoms with Crippen molar-refractivity contribution in [2.75, 3.05) is 0 Å². The lowest BCUT2D eigenvalue weighted by molar-refractivity contribution is 0.195. The first-order chi connectivity index (χ1) is 9.41. The normalized spacial score (nSPS) is 12.9. The average molecular weight is 297 g/mol. The van der Waals surface area contributed by atoms with E-state index in [2.05, 4.69) is 10.2 Å². The molecule has 0 saturated carbocycles. The third kappa shape index (κ3) is 2.78. The number of aliphatic hydroxyl groups is 1. The van der Waals surface area contributed by atoms with Gasteiger partial charge in [-0.2, -0.15) is 0 Å². The van der Waals surface area contributed by atoms with Gasteiger partial charge in [-0.25, -0.2) is 14.3 Å². The number of hydrogen-bond acceptors (Lipinski definition) is 4. The van der Waals surface area contributed by atoms with Crippen LogP contribution in [0.15, 0.2) is 33.0 Å². The van der Waals surface area contributed by atoms with E-state index in [0.29, 0.717) is 10.7 Å². The van der Waals surface area contributed by atoms with Gasteiger partial charge in [0.15, 0.2) is 5.16 Å². The van der Waals surface area contributed by atoms with Crippen LogP contribution in [0, 0.1) is 5.82 Å². The van der Waals surface area contributed by atoms with Crippen LogP contribution in [-0.2, 0) is 0 Å². The Bertz CT molecular complexity index is 664. The Kier molecular flexibility index (Phi) is 4.29. The highest BCUT2D eigenvalue weighted by Crippen LogP contribution is 2.34. The van der Waals surface area contributed by atoms with Gasteiger partial charge in [0, 0.05) is 6.04 Å². The third-order valence-corrected chi connectivity index (χ3v) is 3.93. The van der Waals surface area contributed by atoms with Gasteiger partial charge in [-0.15, -0.1) is 5.10 Å². The van der Waals surface area contributed by atoms with E-state index >= 15 is 0 Å². The van der Waals surface area contributed by atoms with Crippen LogP contribution in [0.4, 0.5) is 4.39 Å². The molecule has 0 saturated heterocycles. The zero-order chi connectivity index (χ0) is 14.9. The third-order valence-electron chi connectivity index (χ3n) is 2.83. The summed E-state index contributed by atoms with van der Waals surface area (Å²) < 4.78 is 15.4. The molecule has 1 aromatic heterocycles. The molecule has 0 amide bonds. The summed E-state index contributed by atoms with van der Waals surface area (Å²) in [4.78, 5) is 11.9. The van der Waals surface area contributed by atoms with Crippen LogP contribution in [0.25, 0.3) is 0 Å². The molecule has 0 spiro atoms. The van der Waals surface area contributed by atoms with E-state index in [4.69, 9.17) is 0 Å². The van der Waals surface area contributed by atoms with Crippen molar-refractivity contribution in [1.82, 2.24) is 14.8 Å². The summed E-state index contributed by atoms with van der Waals surface area (Å²) in [7, 11) is 0. The summed E-state index contributed by atoms with van der Waals surface area (Å²) in [6, 6.07) is 4.42. The molecule has 5 nitrogen and oxygen atoms in total. The highest BCUT2D eigenvalue weighted by Gasteiger charge is 2.18. The van der Waals surface area contributed by atoms with E-state index in [-0.39, 0.29) is 16.6 Å². The van der Waals surface area contributed by atoms with E-state index in [1.54, 1.807) is 19.1 Å². The second-order valence-electron chi connectivity index (χ2n) is 4.71. The van der Waals surface area contributed by atoms with E-state index in [9.17, 15) is 14.3 Å². The van der Waals surface area contributed by atoms with Crippen molar-refractivity contribution in [3.8, 4) is 0 Å². The van der Waals surface area contributed by atoms with Gasteiger partial charge < -0.3 is 5.11 Å². The number of hydrogen-bond donors (Lipinski definition) is 2. The summed E-state index contributed by atoms with van der Waals surface area (Å²) >= 11 is 1.03. The van der Waals surface area contributed by atoms with Crippen molar-refractivity contribution in [3.05, 3.63) is 40.1 Å². The van der Waals surface area contributed by atoms with Gasteiger partial charge >= 0.3 is 5.69 Å². The lowest BCUT2D eigenvalue weighted by atomic mass is 10.1. The van der Waals surface area contributed by atoms with Crippen molar-refractivity contribution >= 4 is 11.8 Å². The Morgan fingerprint density at radius 1 is 1.40 bits per heavy atom. The number of nitrogens with one attached hydrogen (secondary N) is 1. The van der Waals surface area contributed by atoms with Crippen LogP contribution in [0.3, 0.4) is 0 Å². The molecule has 2 rings (SSSR count). The zero-order valence-electron chi connectivity index (χ0n) is 11.4. The van der Waals surface area contributed by atoms with Gasteiger partial charge in [-0.05, 0) is 44.2 Å². The van der Waals surface area contributed by atoms with Crippen LogP contribution in [0.2, 0.25) is 0 Å². The first kappa shape index (κ1) is 14.8. The first-order valence-electron chi connectivity index (χ1n) is 6.23. The van der Waals surface area contributed by atoms with Gasteiger partial charge in [0.05, 0.1) is 11.0 Å². The highest BCUT2D eigenvalue weighted by molar-refractivity contribution is 7.99. The molecule has 1 heterocycles. The monoisotopic (exact) mass is 297 g/mol. The molecule has 0 radical (unpaired) electrons. The van der Waals surface area contributed by atoms with Crippen molar-refractivity contribution < 1.29 is 9.50 Å². The summed E-state index contributed by atoms with van der Waals surface area (Å²) in [6.45, 7) is 5.26. The van der Waals surface area contributed by atoms with Crippen LogP contribution < -0.4 is 5.69 Å². The fourth-order valence-corrected chi connectivity index (χ4v) is 3.06. The van der Waals surface area contributed by atoms with Gasteiger partial charge in [0.25, 0.3) is 0 Å². The average Bonchev–Trinajstić information content (AvgIpc) is 2.72. The minimum absolute atomic E-state index is 0.0921. The first-order valence-corrected chi connectivity index (χ1v) is 7.04. The largest absolute Gasteiger partial charge is 0.389 e. The second kappa shape index (κ2) is 5.80. The SMILES string of the molecule is CC(C)n1c(Sc2c(F)cccc2[C@H](C)O)n[nH]c1=O. The smallest absolute Gasteiger partial charge is 0.344 e. The Morgan fingerprint density at radius 3 is 2.70 bits per heavy atom. The van der Waals surface area contributed by atoms with E-state index in [1.165, 1.54) is 10.6 Å². The number of aliphatic hydroxyl groups excluding tert-OH is 1. The molecule has 1 atom stereocenters. The molecular formula is C13H16FN3O2S. The molecule has 0 aliphatic carbocycles. The van der Waals surface area contributed by atoms with Gasteiger partial charge in [0.2, 0.25) is 0 Å². The molecule has 0 aliphatic rings. The molecule has 0 fully saturated rings. The quantitative estimate of drug-likeness (QED) is 0.909. The Labute approximate surface area is 119 Å². The Hall–Kier alpha value is -1.60. The fraction of sp³-hybridized carbons (Fsp3) is 0.385. The summed E-state index contributed by atoms with van der Waals surface area (Å²) in [5, 5.41) is 16.4. The minimum atomic E-state index is -0.800. The molecule has 108 valence electrons. The number of aromatic amines is 1. The number of aromatic nitrogens is 3. The van der Waals surface area contributed by atoms with Crippen molar-refractivity contribution in [1.29, 1.82) is 0 Å². The second-order valence-corrected chi connectivity index (χ2v) is 5.69. The standard InChI is InChI=1S/C13H16FN3O2S/c1-7(2)17-12(19)15-16-13(17)20-11-9(8(3)18)5-4-6-10(11)14/h4-8,18H,1-3H3,(H,15,19)/t8-/m0/s1. The molecule has 20 heavy (non-hydrogen) atoms. The maximum absolute atomic E-state index is 14.0. The number of H-pyrrole nitrogens is 1. The zero-order valence-corrected chi connectivity index (χ0v) is 12.2. The molecule has 2 N–H and O–H groups in total. The number of benzene rings is 1. The summed E-state index contributed by atoms with van der Waals surface area (Å²) in [5.74, 6) is -0.445. The van der Waals surface area contributed by atoms with Crippen molar-refractivity contribution in [2.24, 2.45) is 0 Å². The summed E-state index contributed by atoms with van der Waals surface area (Å²) in [5.41, 5.74) is 0.137. The van der Waals surface area contributed by atoms with Crippen LogP contribution >= 0.6 is 11.8 Å².